The molecular formula is C7H21O10PSi2. The third-order valence-electron chi connectivity index (χ3n) is 2.04. The minimum atomic E-state index is -4.15. The quantitative estimate of drug-likeness (QED) is 0.145. The summed E-state index contributed by atoms with van der Waals surface area (Å²) in [5, 5.41) is 0. The fourth-order valence-corrected chi connectivity index (χ4v) is 3.34. The Balaban J connectivity index is 3.93. The van der Waals surface area contributed by atoms with Crippen molar-refractivity contribution in [2.45, 2.75) is 24.9 Å². The van der Waals surface area contributed by atoms with Gasteiger partial charge >= 0.3 is 25.4 Å². The number of rotatable bonds is 11. The largest absolute Gasteiger partial charge is 0.492 e. The Morgan fingerprint density at radius 3 is 1.45 bits per heavy atom. The molecule has 20 heavy (non-hydrogen) atoms. The van der Waals surface area contributed by atoms with Crippen molar-refractivity contribution in [3.63, 3.8) is 0 Å². The van der Waals surface area contributed by atoms with Crippen LogP contribution in [0.1, 0.15) is 12.8 Å². The van der Waals surface area contributed by atoms with Crippen LogP contribution >= 0.6 is 7.82 Å². The Morgan fingerprint density at radius 2 is 1.20 bits per heavy atom. The SMILES string of the molecule is COP(=O)(OCCC[Si](O)(O)O)OCCC[Si](O)(O)O. The zero-order chi connectivity index (χ0) is 15.9. The maximum Gasteiger partial charge on any atom is 0.492 e. The van der Waals surface area contributed by atoms with Gasteiger partial charge in [-0.1, -0.05) is 0 Å². The lowest BCUT2D eigenvalue weighted by atomic mass is 10.5. The average Bonchev–Trinajstić information content (AvgIpc) is 2.28. The fraction of sp³-hybridized carbons (Fsp3) is 1.00. The zero-order valence-electron chi connectivity index (χ0n) is 11.0. The van der Waals surface area contributed by atoms with Crippen molar-refractivity contribution in [1.29, 1.82) is 0 Å². The van der Waals surface area contributed by atoms with Crippen molar-refractivity contribution >= 4 is 25.4 Å². The van der Waals surface area contributed by atoms with Gasteiger partial charge in [-0.2, -0.15) is 0 Å². The molecule has 0 aliphatic heterocycles. The van der Waals surface area contributed by atoms with Gasteiger partial charge in [0.05, 0.1) is 13.2 Å². The van der Waals surface area contributed by atoms with Crippen LogP contribution in [0.2, 0.25) is 12.1 Å². The molecule has 0 heterocycles. The Hall–Kier alpha value is 0.304. The van der Waals surface area contributed by atoms with Gasteiger partial charge in [0.2, 0.25) is 0 Å². The zero-order valence-corrected chi connectivity index (χ0v) is 13.9. The van der Waals surface area contributed by atoms with E-state index in [1.54, 1.807) is 0 Å². The molecule has 0 aliphatic carbocycles. The molecule has 0 fully saturated rings. The van der Waals surface area contributed by atoms with Crippen LogP contribution in [0.5, 0.6) is 0 Å². The van der Waals surface area contributed by atoms with E-state index in [0.717, 1.165) is 7.11 Å². The molecule has 0 rings (SSSR count). The Bertz CT molecular complexity index is 288. The Morgan fingerprint density at radius 1 is 0.850 bits per heavy atom. The van der Waals surface area contributed by atoms with Crippen LogP contribution in [0.25, 0.3) is 0 Å². The smallest absolute Gasteiger partial charge is 0.390 e. The molecule has 0 bridgehead atoms. The second-order valence-electron chi connectivity index (χ2n) is 4.05. The maximum absolute atomic E-state index is 11.8. The van der Waals surface area contributed by atoms with E-state index in [1.165, 1.54) is 0 Å². The van der Waals surface area contributed by atoms with E-state index >= 15 is 0 Å². The molecule has 0 aromatic carbocycles. The van der Waals surface area contributed by atoms with Crippen molar-refractivity contribution < 1.29 is 46.9 Å². The predicted octanol–water partition coefficient (Wildman–Crippen LogP) is -1.61. The molecule has 0 aliphatic rings. The van der Waals surface area contributed by atoms with Crippen LogP contribution in [0.4, 0.5) is 0 Å². The van der Waals surface area contributed by atoms with E-state index in [4.69, 9.17) is 37.8 Å². The van der Waals surface area contributed by atoms with Crippen molar-refractivity contribution in [1.82, 2.24) is 0 Å². The van der Waals surface area contributed by atoms with Crippen LogP contribution in [-0.4, -0.2) is 66.7 Å². The third kappa shape index (κ3) is 12.1. The highest BCUT2D eigenvalue weighted by Gasteiger charge is 2.30. The van der Waals surface area contributed by atoms with Crippen molar-refractivity contribution in [3.8, 4) is 0 Å². The van der Waals surface area contributed by atoms with Gasteiger partial charge in [-0.3, -0.25) is 13.6 Å². The summed E-state index contributed by atoms with van der Waals surface area (Å²) in [7, 11) is -11.0. The molecule has 0 saturated carbocycles. The number of hydrogen-bond donors (Lipinski definition) is 6. The monoisotopic (exact) mass is 352 g/mol. The predicted molar refractivity (Wildman–Crippen MR) is 70.2 cm³/mol. The van der Waals surface area contributed by atoms with Gasteiger partial charge in [0, 0.05) is 19.2 Å². The Labute approximate surface area is 118 Å². The number of hydrogen-bond acceptors (Lipinski definition) is 10. The van der Waals surface area contributed by atoms with Crippen LogP contribution < -0.4 is 0 Å². The van der Waals surface area contributed by atoms with E-state index in [9.17, 15) is 4.57 Å². The summed E-state index contributed by atoms with van der Waals surface area (Å²) in [4.78, 5) is 52.5. The van der Waals surface area contributed by atoms with Crippen LogP contribution in [0, 0.1) is 0 Å². The summed E-state index contributed by atoms with van der Waals surface area (Å²) in [5.74, 6) is 0. The molecule has 0 atom stereocenters. The van der Waals surface area contributed by atoms with E-state index in [0.29, 0.717) is 0 Å². The van der Waals surface area contributed by atoms with Gasteiger partial charge in [-0.15, -0.1) is 0 Å². The minimum Gasteiger partial charge on any atom is -0.390 e. The molecule has 0 amide bonds. The van der Waals surface area contributed by atoms with E-state index < -0.39 is 25.4 Å². The highest BCUT2D eigenvalue weighted by atomic mass is 31.2. The molecule has 0 radical (unpaired) electrons. The third-order valence-corrected chi connectivity index (χ3v) is 5.53. The molecule has 0 aromatic heterocycles. The summed E-state index contributed by atoms with van der Waals surface area (Å²) in [6.45, 7) is -0.361. The number of phosphoric acid groups is 1. The van der Waals surface area contributed by atoms with Crippen molar-refractivity contribution in [3.05, 3.63) is 0 Å². The molecule has 0 unspecified atom stereocenters. The second-order valence-corrected chi connectivity index (χ2v) is 9.93. The summed E-state index contributed by atoms with van der Waals surface area (Å²) >= 11 is 0. The highest BCUT2D eigenvalue weighted by Crippen LogP contribution is 2.48. The normalized spacial score (nSPS) is 13.8. The summed E-state index contributed by atoms with van der Waals surface area (Å²) in [6, 6.07) is -0.547. The van der Waals surface area contributed by atoms with Gasteiger partial charge in [0.1, 0.15) is 0 Å². The lowest BCUT2D eigenvalue weighted by Gasteiger charge is -2.17. The van der Waals surface area contributed by atoms with E-state index in [-0.39, 0.29) is 38.1 Å². The number of phosphoric ester groups is 1. The summed E-state index contributed by atoms with van der Waals surface area (Å²) in [5.41, 5.74) is 0. The molecule has 10 nitrogen and oxygen atoms in total. The van der Waals surface area contributed by atoms with Crippen LogP contribution in [-0.2, 0) is 18.1 Å². The first-order valence-electron chi connectivity index (χ1n) is 5.76. The first-order valence-corrected chi connectivity index (χ1v) is 11.3. The molecule has 0 saturated heterocycles. The van der Waals surface area contributed by atoms with Crippen LogP contribution in [0.3, 0.4) is 0 Å². The van der Waals surface area contributed by atoms with Gasteiger partial charge in [0.15, 0.2) is 0 Å². The van der Waals surface area contributed by atoms with Crippen molar-refractivity contribution in [2.24, 2.45) is 0 Å². The lowest BCUT2D eigenvalue weighted by molar-refractivity contribution is 0.126. The van der Waals surface area contributed by atoms with Crippen LogP contribution in [0.15, 0.2) is 0 Å². The van der Waals surface area contributed by atoms with E-state index in [1.807, 2.05) is 0 Å². The summed E-state index contributed by atoms with van der Waals surface area (Å²) in [6.07, 6.45) is 0.0960. The molecular weight excluding hydrogens is 331 g/mol. The van der Waals surface area contributed by atoms with Gasteiger partial charge < -0.3 is 28.8 Å². The van der Waals surface area contributed by atoms with E-state index in [2.05, 4.69) is 4.52 Å². The molecule has 0 aromatic rings. The molecule has 13 heteroatoms. The Kier molecular flexibility index (Phi) is 8.81. The highest BCUT2D eigenvalue weighted by molar-refractivity contribution is 7.48. The molecule has 6 N–H and O–H groups in total. The fourth-order valence-electron chi connectivity index (χ4n) is 1.11. The van der Waals surface area contributed by atoms with Gasteiger partial charge in [-0.05, 0) is 12.8 Å². The molecule has 122 valence electrons. The maximum atomic E-state index is 11.8. The standard InChI is InChI=1S/C7H21O10PSi2/c1-15-18(8,16-4-2-6-19(9,10)11)17-5-3-7-20(12,13)14/h9-14H,2-7H2,1H3. The minimum absolute atomic E-state index is 0.0480. The lowest BCUT2D eigenvalue weighted by Crippen LogP contribution is -2.34. The van der Waals surface area contributed by atoms with Crippen molar-refractivity contribution in [2.75, 3.05) is 20.3 Å². The molecule has 0 spiro atoms. The average molecular weight is 352 g/mol. The first kappa shape index (κ1) is 20.3. The second kappa shape index (κ2) is 8.68. The van der Waals surface area contributed by atoms with Gasteiger partial charge in [0.25, 0.3) is 0 Å². The van der Waals surface area contributed by atoms with Gasteiger partial charge in [-0.25, -0.2) is 4.57 Å². The first-order chi connectivity index (χ1) is 8.97. The topological polar surface area (TPSA) is 166 Å². The summed E-state index contributed by atoms with van der Waals surface area (Å²) < 4.78 is 26.0.